The summed E-state index contributed by atoms with van der Waals surface area (Å²) in [4.78, 5) is 0. The summed E-state index contributed by atoms with van der Waals surface area (Å²) in [7, 11) is 1.87. The molecule has 5 heteroatoms. The molecule has 1 aromatic rings. The van der Waals surface area contributed by atoms with E-state index in [0.717, 1.165) is 25.5 Å². The Bertz CT molecular complexity index is 330. The molecule has 2 unspecified atom stereocenters. The third kappa shape index (κ3) is 2.23. The third-order valence-corrected chi connectivity index (χ3v) is 2.89. The summed E-state index contributed by atoms with van der Waals surface area (Å²) in [5.74, 6) is 1.34. The van der Waals surface area contributed by atoms with Crippen LogP contribution in [0.4, 0.5) is 11.5 Å². The van der Waals surface area contributed by atoms with Crippen molar-refractivity contribution >= 4 is 11.5 Å². The Kier molecular flexibility index (Phi) is 2.81. The number of ether oxygens (including phenoxy) is 1. The molecule has 1 aliphatic heterocycles. The largest absolute Gasteiger partial charge is 0.394 e. The van der Waals surface area contributed by atoms with Crippen LogP contribution in [-0.2, 0) is 11.8 Å². The fourth-order valence-corrected chi connectivity index (χ4v) is 1.90. The molecular formula is C10H18N4O. The SMILES string of the molecule is CC(Nc1nn(C)cc1N)C1CCOC1. The van der Waals surface area contributed by atoms with Crippen LogP contribution in [0, 0.1) is 5.92 Å². The Hall–Kier alpha value is -1.23. The van der Waals surface area contributed by atoms with E-state index in [9.17, 15) is 0 Å². The number of aromatic nitrogens is 2. The maximum absolute atomic E-state index is 5.81. The molecule has 2 heterocycles. The van der Waals surface area contributed by atoms with E-state index in [-0.39, 0.29) is 0 Å². The van der Waals surface area contributed by atoms with Gasteiger partial charge in [-0.2, -0.15) is 5.10 Å². The lowest BCUT2D eigenvalue weighted by Gasteiger charge is -2.19. The van der Waals surface area contributed by atoms with Gasteiger partial charge in [0.05, 0.1) is 12.3 Å². The summed E-state index contributed by atoms with van der Waals surface area (Å²) in [6.45, 7) is 3.85. The van der Waals surface area contributed by atoms with Gasteiger partial charge in [-0.3, -0.25) is 4.68 Å². The molecule has 15 heavy (non-hydrogen) atoms. The van der Waals surface area contributed by atoms with Gasteiger partial charge in [0.2, 0.25) is 0 Å². The number of hydrogen-bond donors (Lipinski definition) is 2. The second kappa shape index (κ2) is 4.10. The fourth-order valence-electron chi connectivity index (χ4n) is 1.90. The van der Waals surface area contributed by atoms with Gasteiger partial charge in [0.1, 0.15) is 0 Å². The van der Waals surface area contributed by atoms with Crippen LogP contribution in [0.2, 0.25) is 0 Å². The first-order valence-electron chi connectivity index (χ1n) is 5.30. The molecule has 84 valence electrons. The van der Waals surface area contributed by atoms with E-state index in [2.05, 4.69) is 17.3 Å². The molecule has 1 aromatic heterocycles. The molecule has 0 aliphatic carbocycles. The van der Waals surface area contributed by atoms with E-state index in [1.54, 1.807) is 10.9 Å². The highest BCUT2D eigenvalue weighted by Crippen LogP contribution is 2.22. The number of nitrogen functional groups attached to an aromatic ring is 1. The average Bonchev–Trinajstić information content (AvgIpc) is 2.76. The highest BCUT2D eigenvalue weighted by atomic mass is 16.5. The summed E-state index contributed by atoms with van der Waals surface area (Å²) in [5, 5.41) is 7.60. The second-order valence-electron chi connectivity index (χ2n) is 4.16. The van der Waals surface area contributed by atoms with Gasteiger partial charge in [0.25, 0.3) is 0 Å². The van der Waals surface area contributed by atoms with Gasteiger partial charge in [0, 0.05) is 31.8 Å². The first-order chi connectivity index (χ1) is 7.16. The van der Waals surface area contributed by atoms with Crippen LogP contribution in [0.15, 0.2) is 6.20 Å². The molecule has 3 N–H and O–H groups in total. The normalized spacial score (nSPS) is 22.9. The molecule has 0 aromatic carbocycles. The topological polar surface area (TPSA) is 65.1 Å². The molecule has 1 aliphatic rings. The lowest BCUT2D eigenvalue weighted by atomic mass is 10.0. The number of nitrogens with zero attached hydrogens (tertiary/aromatic N) is 2. The smallest absolute Gasteiger partial charge is 0.171 e. The predicted octanol–water partition coefficient (Wildman–Crippen LogP) is 0.839. The predicted molar refractivity (Wildman–Crippen MR) is 59.6 cm³/mol. The number of nitrogens with one attached hydrogen (secondary N) is 1. The van der Waals surface area contributed by atoms with Crippen molar-refractivity contribution in [3.8, 4) is 0 Å². The van der Waals surface area contributed by atoms with Gasteiger partial charge in [-0.25, -0.2) is 0 Å². The number of aryl methyl sites for hydroxylation is 1. The van der Waals surface area contributed by atoms with Crippen molar-refractivity contribution in [2.24, 2.45) is 13.0 Å². The van der Waals surface area contributed by atoms with Gasteiger partial charge < -0.3 is 15.8 Å². The minimum Gasteiger partial charge on any atom is -0.394 e. The Morgan fingerprint density at radius 2 is 2.53 bits per heavy atom. The maximum atomic E-state index is 5.81. The van der Waals surface area contributed by atoms with Crippen molar-refractivity contribution in [1.29, 1.82) is 0 Å². The minimum atomic E-state index is 0.352. The van der Waals surface area contributed by atoms with E-state index < -0.39 is 0 Å². The monoisotopic (exact) mass is 210 g/mol. The Morgan fingerprint density at radius 3 is 3.07 bits per heavy atom. The van der Waals surface area contributed by atoms with Gasteiger partial charge in [-0.05, 0) is 13.3 Å². The van der Waals surface area contributed by atoms with Crippen molar-refractivity contribution in [3.63, 3.8) is 0 Å². The second-order valence-corrected chi connectivity index (χ2v) is 4.16. The first-order valence-corrected chi connectivity index (χ1v) is 5.30. The molecule has 2 rings (SSSR count). The summed E-state index contributed by atoms with van der Waals surface area (Å²) >= 11 is 0. The van der Waals surface area contributed by atoms with E-state index >= 15 is 0 Å². The lowest BCUT2D eigenvalue weighted by molar-refractivity contribution is 0.183. The van der Waals surface area contributed by atoms with Crippen molar-refractivity contribution < 1.29 is 4.74 Å². The van der Waals surface area contributed by atoms with Crippen LogP contribution >= 0.6 is 0 Å². The molecule has 0 radical (unpaired) electrons. The number of hydrogen-bond acceptors (Lipinski definition) is 4. The minimum absolute atomic E-state index is 0.352. The van der Waals surface area contributed by atoms with Crippen LogP contribution in [0.5, 0.6) is 0 Å². The lowest BCUT2D eigenvalue weighted by Crippen LogP contribution is -2.26. The quantitative estimate of drug-likeness (QED) is 0.776. The van der Waals surface area contributed by atoms with Gasteiger partial charge in [0.15, 0.2) is 5.82 Å². The molecule has 1 saturated heterocycles. The van der Waals surface area contributed by atoms with Crippen LogP contribution in [0.25, 0.3) is 0 Å². The van der Waals surface area contributed by atoms with Crippen LogP contribution < -0.4 is 11.1 Å². The average molecular weight is 210 g/mol. The molecule has 0 bridgehead atoms. The van der Waals surface area contributed by atoms with Gasteiger partial charge >= 0.3 is 0 Å². The molecule has 2 atom stereocenters. The molecule has 0 saturated carbocycles. The Morgan fingerprint density at radius 1 is 1.73 bits per heavy atom. The van der Waals surface area contributed by atoms with Crippen molar-refractivity contribution in [1.82, 2.24) is 9.78 Å². The zero-order valence-electron chi connectivity index (χ0n) is 9.23. The zero-order chi connectivity index (χ0) is 10.8. The number of rotatable bonds is 3. The molecule has 0 spiro atoms. The first kappa shape index (κ1) is 10.3. The number of anilines is 2. The highest BCUT2D eigenvalue weighted by Gasteiger charge is 2.23. The van der Waals surface area contributed by atoms with Crippen molar-refractivity contribution in [2.45, 2.75) is 19.4 Å². The summed E-state index contributed by atoms with van der Waals surface area (Å²) in [6.07, 6.45) is 2.92. The molecule has 1 fully saturated rings. The van der Waals surface area contributed by atoms with Crippen molar-refractivity contribution in [2.75, 3.05) is 24.3 Å². The van der Waals surface area contributed by atoms with Crippen LogP contribution in [0.3, 0.4) is 0 Å². The fraction of sp³-hybridized carbons (Fsp3) is 0.700. The molecular weight excluding hydrogens is 192 g/mol. The Labute approximate surface area is 89.6 Å². The van der Waals surface area contributed by atoms with Gasteiger partial charge in [-0.15, -0.1) is 0 Å². The summed E-state index contributed by atoms with van der Waals surface area (Å²) < 4.78 is 7.07. The summed E-state index contributed by atoms with van der Waals surface area (Å²) in [5.41, 5.74) is 6.51. The standard InChI is InChI=1S/C10H18N4O/c1-7(8-3-4-15-6-8)12-10-9(11)5-14(2)13-10/h5,7-8H,3-4,6,11H2,1-2H3,(H,12,13). The van der Waals surface area contributed by atoms with E-state index in [4.69, 9.17) is 10.5 Å². The zero-order valence-corrected chi connectivity index (χ0v) is 9.23. The van der Waals surface area contributed by atoms with E-state index in [1.165, 1.54) is 0 Å². The Balaban J connectivity index is 1.98. The maximum Gasteiger partial charge on any atom is 0.171 e. The van der Waals surface area contributed by atoms with E-state index in [1.807, 2.05) is 7.05 Å². The van der Waals surface area contributed by atoms with Crippen molar-refractivity contribution in [3.05, 3.63) is 6.20 Å². The summed E-state index contributed by atoms with van der Waals surface area (Å²) in [6, 6.07) is 0.352. The van der Waals surface area contributed by atoms with E-state index in [0.29, 0.717) is 17.6 Å². The van der Waals surface area contributed by atoms with Gasteiger partial charge in [-0.1, -0.05) is 0 Å². The highest BCUT2D eigenvalue weighted by molar-refractivity contribution is 5.60. The third-order valence-electron chi connectivity index (χ3n) is 2.89. The molecule has 5 nitrogen and oxygen atoms in total. The number of nitrogens with two attached hydrogens (primary N) is 1. The van der Waals surface area contributed by atoms with Crippen LogP contribution in [0.1, 0.15) is 13.3 Å². The van der Waals surface area contributed by atoms with Crippen LogP contribution in [-0.4, -0.2) is 29.0 Å². The molecule has 0 amide bonds.